The van der Waals surface area contributed by atoms with Gasteiger partial charge < -0.3 is 19.5 Å². The van der Waals surface area contributed by atoms with Crippen LogP contribution in [0.3, 0.4) is 0 Å². The molecule has 0 unspecified atom stereocenters. The maximum atomic E-state index is 13.6. The van der Waals surface area contributed by atoms with Crippen LogP contribution in [0.25, 0.3) is 0 Å². The van der Waals surface area contributed by atoms with Gasteiger partial charge >= 0.3 is 12.1 Å². The smallest absolute Gasteiger partial charge is 0.465 e. The Balaban J connectivity index is 1.45. The van der Waals surface area contributed by atoms with Crippen molar-refractivity contribution in [3.8, 4) is 0 Å². The molecule has 4 aliphatic rings. The number of hydrogen-bond acceptors (Lipinski definition) is 6. The van der Waals surface area contributed by atoms with Crippen LogP contribution in [0.15, 0.2) is 30.3 Å². The zero-order valence-corrected chi connectivity index (χ0v) is 20.8. The van der Waals surface area contributed by atoms with E-state index in [0.717, 1.165) is 24.8 Å². The number of carbonyl (C=O) groups is 3. The van der Waals surface area contributed by atoms with Gasteiger partial charge in [0.2, 0.25) is 5.91 Å². The topological polar surface area (TPSA) is 105 Å². The third kappa shape index (κ3) is 5.80. The van der Waals surface area contributed by atoms with Crippen molar-refractivity contribution in [3.05, 3.63) is 35.9 Å². The van der Waals surface area contributed by atoms with E-state index < -0.39 is 24.5 Å². The minimum atomic E-state index is -1.36. The average molecular weight is 487 g/mol. The van der Waals surface area contributed by atoms with Gasteiger partial charge in [-0.1, -0.05) is 43.2 Å². The molecule has 2 N–H and O–H groups in total. The van der Waals surface area contributed by atoms with Crippen molar-refractivity contribution in [1.82, 2.24) is 10.2 Å². The first-order valence-corrected chi connectivity index (χ1v) is 13.0. The summed E-state index contributed by atoms with van der Waals surface area (Å²) in [5, 5.41) is 12.5. The summed E-state index contributed by atoms with van der Waals surface area (Å²) in [6.07, 6.45) is 5.35. The lowest BCUT2D eigenvalue weighted by molar-refractivity contribution is -0.147. The predicted molar refractivity (Wildman–Crippen MR) is 130 cm³/mol. The number of nitrogens with one attached hydrogen (secondary N) is 1. The fourth-order valence-electron chi connectivity index (χ4n) is 6.66. The van der Waals surface area contributed by atoms with Crippen LogP contribution in [0.5, 0.6) is 0 Å². The Hall–Kier alpha value is -2.61. The summed E-state index contributed by atoms with van der Waals surface area (Å²) in [4.78, 5) is 39.3. The highest BCUT2D eigenvalue weighted by Gasteiger charge is 2.56. The van der Waals surface area contributed by atoms with Gasteiger partial charge in [-0.2, -0.15) is 0 Å². The van der Waals surface area contributed by atoms with E-state index in [1.54, 1.807) is 18.7 Å². The van der Waals surface area contributed by atoms with Crippen molar-refractivity contribution in [2.24, 2.45) is 17.3 Å². The third-order valence-electron chi connectivity index (χ3n) is 8.30. The molecule has 1 heterocycles. The van der Waals surface area contributed by atoms with Crippen molar-refractivity contribution in [2.45, 2.75) is 83.5 Å². The first-order chi connectivity index (χ1) is 16.8. The second-order valence-corrected chi connectivity index (χ2v) is 10.5. The number of fused-ring (bicyclic) bond motifs is 2. The van der Waals surface area contributed by atoms with Gasteiger partial charge in [0.15, 0.2) is 6.23 Å². The normalized spacial score (nSPS) is 29.1. The molecule has 4 atom stereocenters. The van der Waals surface area contributed by atoms with E-state index in [-0.39, 0.29) is 23.9 Å². The number of hydrogen-bond donors (Lipinski definition) is 2. The zero-order valence-electron chi connectivity index (χ0n) is 20.8. The minimum Gasteiger partial charge on any atom is -0.465 e. The molecule has 0 radical (unpaired) electrons. The Kier molecular flexibility index (Phi) is 7.99. The van der Waals surface area contributed by atoms with Gasteiger partial charge in [0.25, 0.3) is 0 Å². The molecule has 4 fully saturated rings. The molecule has 3 saturated carbocycles. The van der Waals surface area contributed by atoms with Crippen LogP contribution in [0, 0.1) is 17.3 Å². The Morgan fingerprint density at radius 3 is 2.46 bits per heavy atom. The van der Waals surface area contributed by atoms with Gasteiger partial charge in [0, 0.05) is 13.0 Å². The van der Waals surface area contributed by atoms with Crippen LogP contribution >= 0.6 is 0 Å². The van der Waals surface area contributed by atoms with E-state index in [9.17, 15) is 19.5 Å². The second kappa shape index (κ2) is 11.0. The molecule has 3 aliphatic carbocycles. The minimum absolute atomic E-state index is 0.0650. The number of aryl methyl sites for hydroxylation is 1. The van der Waals surface area contributed by atoms with Gasteiger partial charge in [0.05, 0.1) is 12.6 Å². The van der Waals surface area contributed by atoms with Crippen molar-refractivity contribution >= 4 is 18.0 Å². The van der Waals surface area contributed by atoms with Crippen LogP contribution in [0.4, 0.5) is 4.79 Å². The third-order valence-corrected chi connectivity index (χ3v) is 8.30. The molecule has 5 rings (SSSR count). The highest BCUT2D eigenvalue weighted by Crippen LogP contribution is 2.58. The number of benzene rings is 1. The number of esters is 1. The molecular formula is C27H38N2O6. The van der Waals surface area contributed by atoms with Crippen LogP contribution in [-0.2, 0) is 25.5 Å². The summed E-state index contributed by atoms with van der Waals surface area (Å²) >= 11 is 0. The lowest BCUT2D eigenvalue weighted by atomic mass is 9.55. The molecule has 8 nitrogen and oxygen atoms in total. The molecule has 35 heavy (non-hydrogen) atoms. The number of rotatable bonds is 9. The quantitative estimate of drug-likeness (QED) is 0.509. The first-order valence-electron chi connectivity index (χ1n) is 13.0. The van der Waals surface area contributed by atoms with Crippen molar-refractivity contribution in [1.29, 1.82) is 0 Å². The van der Waals surface area contributed by atoms with E-state index in [2.05, 4.69) is 5.32 Å². The van der Waals surface area contributed by atoms with Gasteiger partial charge in [0.1, 0.15) is 6.04 Å². The predicted octanol–water partition coefficient (Wildman–Crippen LogP) is 3.98. The van der Waals surface area contributed by atoms with Crippen molar-refractivity contribution in [2.75, 3.05) is 13.2 Å². The summed E-state index contributed by atoms with van der Waals surface area (Å²) in [6, 6.07) is 8.54. The van der Waals surface area contributed by atoms with Crippen molar-refractivity contribution < 1.29 is 29.0 Å². The SMILES string of the molecule is CCOC(=O)[C@@H](CCc1ccccc1)N[C@@H](C)C(=O)N1C[C@]2(CC3CCC2CC3)C[C@@H]1OC(=O)O. The summed E-state index contributed by atoms with van der Waals surface area (Å²) in [7, 11) is 0. The lowest BCUT2D eigenvalue weighted by Gasteiger charge is -2.49. The number of carbonyl (C=O) groups excluding carboxylic acids is 2. The van der Waals surface area contributed by atoms with Crippen LogP contribution in [0.2, 0.25) is 0 Å². The standard InChI is InChI=1S/C27H38N2O6/c1-3-34-25(31)22(14-11-19-7-5-4-6-8-19)28-18(2)24(30)29-17-27(16-23(29)35-26(32)33)15-20-9-12-21(27)13-10-20/h4-8,18,20-23,28H,3,9-17H2,1-2H3,(H,32,33)/t18-,20?,21?,22+,23-,27-/m0/s1. The summed E-state index contributed by atoms with van der Waals surface area (Å²) in [5.74, 6) is 0.543. The fraction of sp³-hybridized carbons (Fsp3) is 0.667. The molecule has 1 aromatic carbocycles. The number of ether oxygens (including phenoxy) is 2. The Morgan fingerprint density at radius 1 is 1.14 bits per heavy atom. The molecule has 1 amide bonds. The van der Waals surface area contributed by atoms with Gasteiger partial charge in [-0.3, -0.25) is 14.9 Å². The summed E-state index contributed by atoms with van der Waals surface area (Å²) in [5.41, 5.74) is 1.04. The molecule has 1 aromatic rings. The lowest BCUT2D eigenvalue weighted by Crippen LogP contribution is -2.53. The van der Waals surface area contributed by atoms with Gasteiger partial charge in [-0.05, 0) is 68.8 Å². The Bertz CT molecular complexity index is 900. The Labute approximate surface area is 207 Å². The Morgan fingerprint density at radius 2 is 1.86 bits per heavy atom. The molecule has 0 aromatic heterocycles. The van der Waals surface area contributed by atoms with Crippen LogP contribution < -0.4 is 5.32 Å². The monoisotopic (exact) mass is 486 g/mol. The number of likely N-dealkylation sites (tertiary alicyclic amines) is 1. The van der Waals surface area contributed by atoms with Crippen LogP contribution in [0.1, 0.15) is 64.4 Å². The van der Waals surface area contributed by atoms with E-state index in [1.807, 2.05) is 30.3 Å². The van der Waals surface area contributed by atoms with E-state index in [1.165, 1.54) is 12.8 Å². The highest BCUT2D eigenvalue weighted by atomic mass is 16.7. The van der Waals surface area contributed by atoms with E-state index in [4.69, 9.17) is 9.47 Å². The molecular weight excluding hydrogens is 448 g/mol. The highest BCUT2D eigenvalue weighted by molar-refractivity contribution is 5.84. The molecule has 192 valence electrons. The van der Waals surface area contributed by atoms with Gasteiger partial charge in [-0.15, -0.1) is 0 Å². The summed E-state index contributed by atoms with van der Waals surface area (Å²) < 4.78 is 10.5. The number of nitrogens with zero attached hydrogens (tertiary/aromatic N) is 1. The van der Waals surface area contributed by atoms with Crippen molar-refractivity contribution in [3.63, 3.8) is 0 Å². The molecule has 8 heteroatoms. The maximum absolute atomic E-state index is 13.6. The molecule has 1 spiro atoms. The largest absolute Gasteiger partial charge is 0.507 e. The van der Waals surface area contributed by atoms with Crippen LogP contribution in [-0.4, -0.2) is 59.5 Å². The maximum Gasteiger partial charge on any atom is 0.507 e. The molecule has 1 saturated heterocycles. The zero-order chi connectivity index (χ0) is 25.0. The number of carboxylic acid groups (broad SMARTS) is 1. The molecule has 2 bridgehead atoms. The van der Waals surface area contributed by atoms with Gasteiger partial charge in [-0.25, -0.2) is 4.79 Å². The summed E-state index contributed by atoms with van der Waals surface area (Å²) in [6.45, 7) is 4.27. The number of amides is 1. The fourth-order valence-corrected chi connectivity index (χ4v) is 6.66. The first kappa shape index (κ1) is 25.5. The van der Waals surface area contributed by atoms with E-state index >= 15 is 0 Å². The average Bonchev–Trinajstić information content (AvgIpc) is 3.18. The second-order valence-electron chi connectivity index (χ2n) is 10.5. The molecule has 1 aliphatic heterocycles. The van der Waals surface area contributed by atoms with E-state index in [0.29, 0.717) is 37.6 Å².